The van der Waals surface area contributed by atoms with Crippen molar-refractivity contribution in [2.75, 3.05) is 12.4 Å². The van der Waals surface area contributed by atoms with E-state index in [9.17, 15) is 0 Å². The first-order valence-corrected chi connectivity index (χ1v) is 7.40. The van der Waals surface area contributed by atoms with E-state index in [0.717, 1.165) is 16.8 Å². The number of nitrogens with zero attached hydrogens (tertiary/aromatic N) is 3. The molecular formula is C17H15ClN4O. The number of halogens is 1. The van der Waals surface area contributed by atoms with E-state index >= 15 is 0 Å². The van der Waals surface area contributed by atoms with E-state index in [1.54, 1.807) is 25.3 Å². The van der Waals surface area contributed by atoms with Crippen LogP contribution in [0.25, 0.3) is 11.4 Å². The van der Waals surface area contributed by atoms with Crippen LogP contribution < -0.4 is 10.1 Å². The smallest absolute Gasteiger partial charge is 0.230 e. The van der Waals surface area contributed by atoms with Gasteiger partial charge in [0.2, 0.25) is 5.95 Å². The van der Waals surface area contributed by atoms with Gasteiger partial charge in [0.15, 0.2) is 5.82 Å². The maximum absolute atomic E-state index is 6.07. The third-order valence-corrected chi connectivity index (χ3v) is 3.48. The third-order valence-electron chi connectivity index (χ3n) is 3.25. The lowest BCUT2D eigenvalue weighted by molar-refractivity contribution is 0.416. The fraction of sp³-hybridized carbons (Fsp3) is 0.118. The standard InChI is InChI=1S/C17H15ClN4O/c1-11-4-3-5-13(8-11)21-17-20-10-19-16(22-17)14-9-12(18)6-7-15(14)23-2/h3-10H,1-2H3,(H,19,20,21,22). The molecule has 3 aromatic rings. The molecule has 0 unspecified atom stereocenters. The van der Waals surface area contributed by atoms with Crippen LogP contribution in [-0.4, -0.2) is 22.1 Å². The Balaban J connectivity index is 1.95. The SMILES string of the molecule is COc1ccc(Cl)cc1-c1ncnc(Nc2cccc(C)c2)n1. The lowest BCUT2D eigenvalue weighted by atomic mass is 10.2. The molecule has 0 amide bonds. The summed E-state index contributed by atoms with van der Waals surface area (Å²) in [5.74, 6) is 1.61. The molecule has 0 fully saturated rings. The van der Waals surface area contributed by atoms with E-state index in [1.165, 1.54) is 6.33 Å². The van der Waals surface area contributed by atoms with Gasteiger partial charge in [-0.3, -0.25) is 0 Å². The molecule has 23 heavy (non-hydrogen) atoms. The number of anilines is 2. The first kappa shape index (κ1) is 15.2. The Kier molecular flexibility index (Phi) is 4.39. The van der Waals surface area contributed by atoms with E-state index in [4.69, 9.17) is 16.3 Å². The van der Waals surface area contributed by atoms with Crippen LogP contribution in [-0.2, 0) is 0 Å². The van der Waals surface area contributed by atoms with Crippen LogP contribution in [0.4, 0.5) is 11.6 Å². The quantitative estimate of drug-likeness (QED) is 0.776. The van der Waals surface area contributed by atoms with E-state index in [2.05, 4.69) is 20.3 Å². The van der Waals surface area contributed by atoms with Crippen LogP contribution in [0.15, 0.2) is 48.8 Å². The highest BCUT2D eigenvalue weighted by atomic mass is 35.5. The summed E-state index contributed by atoms with van der Waals surface area (Å²) in [4.78, 5) is 12.8. The van der Waals surface area contributed by atoms with E-state index in [1.807, 2.05) is 31.2 Å². The summed E-state index contributed by atoms with van der Waals surface area (Å²) in [6.07, 6.45) is 1.46. The minimum Gasteiger partial charge on any atom is -0.496 e. The second-order valence-electron chi connectivity index (χ2n) is 4.97. The summed E-state index contributed by atoms with van der Waals surface area (Å²) in [6, 6.07) is 13.3. The molecule has 0 radical (unpaired) electrons. The average molecular weight is 327 g/mol. The molecule has 116 valence electrons. The third kappa shape index (κ3) is 3.57. The van der Waals surface area contributed by atoms with Crippen LogP contribution in [0.3, 0.4) is 0 Å². The van der Waals surface area contributed by atoms with Crippen molar-refractivity contribution < 1.29 is 4.74 Å². The van der Waals surface area contributed by atoms with Crippen LogP contribution in [0.2, 0.25) is 5.02 Å². The molecule has 5 nitrogen and oxygen atoms in total. The van der Waals surface area contributed by atoms with Crippen molar-refractivity contribution in [1.82, 2.24) is 15.0 Å². The molecule has 1 aromatic heterocycles. The number of aromatic nitrogens is 3. The first-order chi connectivity index (χ1) is 11.2. The van der Waals surface area contributed by atoms with Crippen molar-refractivity contribution in [1.29, 1.82) is 0 Å². The summed E-state index contributed by atoms with van der Waals surface area (Å²) in [6.45, 7) is 2.03. The molecule has 3 rings (SSSR count). The summed E-state index contributed by atoms with van der Waals surface area (Å²) in [5, 5.41) is 3.76. The highest BCUT2D eigenvalue weighted by molar-refractivity contribution is 6.30. The molecule has 6 heteroatoms. The zero-order chi connectivity index (χ0) is 16.2. The molecule has 0 saturated heterocycles. The Labute approximate surface area is 139 Å². The number of ether oxygens (including phenoxy) is 1. The van der Waals surface area contributed by atoms with Gasteiger partial charge in [0, 0.05) is 10.7 Å². The molecule has 0 spiro atoms. The van der Waals surface area contributed by atoms with Gasteiger partial charge < -0.3 is 10.1 Å². The van der Waals surface area contributed by atoms with Crippen LogP contribution in [0.1, 0.15) is 5.56 Å². The minimum atomic E-state index is 0.461. The van der Waals surface area contributed by atoms with Gasteiger partial charge in [-0.2, -0.15) is 4.98 Å². The molecule has 1 N–H and O–H groups in total. The molecular weight excluding hydrogens is 312 g/mol. The summed E-state index contributed by atoms with van der Waals surface area (Å²) in [7, 11) is 1.60. The molecule has 0 aliphatic rings. The Hall–Kier alpha value is -2.66. The number of hydrogen-bond donors (Lipinski definition) is 1. The van der Waals surface area contributed by atoms with Gasteiger partial charge in [-0.1, -0.05) is 23.7 Å². The van der Waals surface area contributed by atoms with Gasteiger partial charge in [-0.25, -0.2) is 9.97 Å². The fourth-order valence-electron chi connectivity index (χ4n) is 2.19. The van der Waals surface area contributed by atoms with E-state index in [0.29, 0.717) is 22.5 Å². The zero-order valence-corrected chi connectivity index (χ0v) is 13.5. The highest BCUT2D eigenvalue weighted by Gasteiger charge is 2.11. The molecule has 0 saturated carbocycles. The number of nitrogens with one attached hydrogen (secondary N) is 1. The van der Waals surface area contributed by atoms with E-state index in [-0.39, 0.29) is 0 Å². The van der Waals surface area contributed by atoms with Gasteiger partial charge >= 0.3 is 0 Å². The van der Waals surface area contributed by atoms with Crippen LogP contribution in [0.5, 0.6) is 5.75 Å². The Morgan fingerprint density at radius 1 is 1.09 bits per heavy atom. The maximum Gasteiger partial charge on any atom is 0.230 e. The Bertz CT molecular complexity index is 838. The number of rotatable bonds is 4. The summed E-state index contributed by atoms with van der Waals surface area (Å²) in [5.41, 5.74) is 2.79. The molecule has 0 aliphatic heterocycles. The Morgan fingerprint density at radius 3 is 2.74 bits per heavy atom. The van der Waals surface area contributed by atoms with Gasteiger partial charge in [-0.05, 0) is 42.8 Å². The second kappa shape index (κ2) is 6.62. The fourth-order valence-corrected chi connectivity index (χ4v) is 2.37. The minimum absolute atomic E-state index is 0.461. The number of aryl methyl sites for hydroxylation is 1. The average Bonchev–Trinajstić information content (AvgIpc) is 2.55. The summed E-state index contributed by atoms with van der Waals surface area (Å²) < 4.78 is 5.35. The predicted octanol–water partition coefficient (Wildman–Crippen LogP) is 4.25. The first-order valence-electron chi connectivity index (χ1n) is 7.02. The van der Waals surface area contributed by atoms with Crippen molar-refractivity contribution in [3.05, 3.63) is 59.4 Å². The molecule has 2 aromatic carbocycles. The topological polar surface area (TPSA) is 59.9 Å². The van der Waals surface area contributed by atoms with Crippen molar-refractivity contribution >= 4 is 23.2 Å². The lowest BCUT2D eigenvalue weighted by Crippen LogP contribution is -2.01. The normalized spacial score (nSPS) is 10.4. The van der Waals surface area contributed by atoms with Gasteiger partial charge in [-0.15, -0.1) is 0 Å². The Morgan fingerprint density at radius 2 is 1.96 bits per heavy atom. The maximum atomic E-state index is 6.07. The summed E-state index contributed by atoms with van der Waals surface area (Å²) >= 11 is 6.07. The van der Waals surface area contributed by atoms with Crippen LogP contribution in [0, 0.1) is 6.92 Å². The highest BCUT2D eigenvalue weighted by Crippen LogP contribution is 2.30. The van der Waals surface area contributed by atoms with Gasteiger partial charge in [0.1, 0.15) is 12.1 Å². The molecule has 1 heterocycles. The predicted molar refractivity (Wildman–Crippen MR) is 91.3 cm³/mol. The number of methoxy groups -OCH3 is 1. The molecule has 0 atom stereocenters. The molecule has 0 bridgehead atoms. The monoisotopic (exact) mass is 326 g/mol. The lowest BCUT2D eigenvalue weighted by Gasteiger charge is -2.09. The number of hydrogen-bond acceptors (Lipinski definition) is 5. The van der Waals surface area contributed by atoms with Crippen molar-refractivity contribution in [2.45, 2.75) is 6.92 Å². The zero-order valence-electron chi connectivity index (χ0n) is 12.7. The molecule has 0 aliphatic carbocycles. The largest absolute Gasteiger partial charge is 0.496 e. The van der Waals surface area contributed by atoms with E-state index < -0.39 is 0 Å². The van der Waals surface area contributed by atoms with Crippen molar-refractivity contribution in [2.24, 2.45) is 0 Å². The van der Waals surface area contributed by atoms with Crippen molar-refractivity contribution in [3.8, 4) is 17.1 Å². The number of benzene rings is 2. The second-order valence-corrected chi connectivity index (χ2v) is 5.41. The van der Waals surface area contributed by atoms with Crippen LogP contribution >= 0.6 is 11.6 Å². The van der Waals surface area contributed by atoms with Gasteiger partial charge in [0.05, 0.1) is 12.7 Å². The van der Waals surface area contributed by atoms with Crippen molar-refractivity contribution in [3.63, 3.8) is 0 Å². The van der Waals surface area contributed by atoms with Gasteiger partial charge in [0.25, 0.3) is 0 Å².